The normalized spacial score (nSPS) is 14.3. The van der Waals surface area contributed by atoms with E-state index in [2.05, 4.69) is 46.4 Å². The molecule has 130 valence electrons. The SMILES string of the molecule is Cc1cccc(N2CCN(C(=O)CNC(=O)c3cccnc3)CC2)c1. The number of carbonyl (C=O) groups is 2. The average molecular weight is 338 g/mol. The first-order chi connectivity index (χ1) is 12.1. The Hall–Kier alpha value is -2.89. The first-order valence-corrected chi connectivity index (χ1v) is 8.41. The number of nitrogens with zero attached hydrogens (tertiary/aromatic N) is 3. The van der Waals surface area contributed by atoms with Gasteiger partial charge in [-0.2, -0.15) is 0 Å². The van der Waals surface area contributed by atoms with Crippen molar-refractivity contribution >= 4 is 17.5 Å². The zero-order valence-electron chi connectivity index (χ0n) is 14.3. The Balaban J connectivity index is 1.48. The van der Waals surface area contributed by atoms with Crippen molar-refractivity contribution in [2.75, 3.05) is 37.6 Å². The van der Waals surface area contributed by atoms with Gasteiger partial charge in [0.2, 0.25) is 5.91 Å². The van der Waals surface area contributed by atoms with Crippen LogP contribution in [0.3, 0.4) is 0 Å². The van der Waals surface area contributed by atoms with Crippen LogP contribution in [0.5, 0.6) is 0 Å². The number of aryl methyl sites for hydroxylation is 1. The van der Waals surface area contributed by atoms with Gasteiger partial charge in [0, 0.05) is 44.3 Å². The molecule has 0 bridgehead atoms. The molecule has 1 N–H and O–H groups in total. The van der Waals surface area contributed by atoms with Gasteiger partial charge < -0.3 is 15.1 Å². The highest BCUT2D eigenvalue weighted by Gasteiger charge is 2.21. The van der Waals surface area contributed by atoms with E-state index in [1.54, 1.807) is 23.2 Å². The minimum atomic E-state index is -0.278. The molecule has 0 aliphatic carbocycles. The third-order valence-electron chi connectivity index (χ3n) is 4.32. The fourth-order valence-corrected chi connectivity index (χ4v) is 2.91. The average Bonchev–Trinajstić information content (AvgIpc) is 2.66. The maximum Gasteiger partial charge on any atom is 0.253 e. The van der Waals surface area contributed by atoms with Gasteiger partial charge in [0.25, 0.3) is 5.91 Å². The molecule has 3 rings (SSSR count). The fourth-order valence-electron chi connectivity index (χ4n) is 2.91. The highest BCUT2D eigenvalue weighted by atomic mass is 16.2. The van der Waals surface area contributed by atoms with E-state index < -0.39 is 0 Å². The van der Waals surface area contributed by atoms with Crippen molar-refractivity contribution in [2.45, 2.75) is 6.92 Å². The summed E-state index contributed by atoms with van der Waals surface area (Å²) in [7, 11) is 0. The van der Waals surface area contributed by atoms with Crippen LogP contribution < -0.4 is 10.2 Å². The second-order valence-corrected chi connectivity index (χ2v) is 6.13. The van der Waals surface area contributed by atoms with E-state index >= 15 is 0 Å². The summed E-state index contributed by atoms with van der Waals surface area (Å²) >= 11 is 0. The summed E-state index contributed by atoms with van der Waals surface area (Å²) in [6, 6.07) is 11.8. The van der Waals surface area contributed by atoms with E-state index in [0.717, 1.165) is 13.1 Å². The molecule has 0 radical (unpaired) electrons. The number of rotatable bonds is 4. The molecule has 2 amide bonds. The minimum Gasteiger partial charge on any atom is -0.368 e. The number of hydrogen-bond donors (Lipinski definition) is 1. The lowest BCUT2D eigenvalue weighted by atomic mass is 10.2. The first kappa shape index (κ1) is 17.0. The highest BCUT2D eigenvalue weighted by molar-refractivity contribution is 5.96. The Kier molecular flexibility index (Phi) is 5.28. The van der Waals surface area contributed by atoms with E-state index in [1.165, 1.54) is 17.4 Å². The molecule has 2 heterocycles. The number of aromatic nitrogens is 1. The molecule has 2 aromatic rings. The molecule has 6 nitrogen and oxygen atoms in total. The zero-order chi connectivity index (χ0) is 17.6. The van der Waals surface area contributed by atoms with E-state index in [1.807, 2.05) is 0 Å². The zero-order valence-corrected chi connectivity index (χ0v) is 14.3. The predicted octanol–water partition coefficient (Wildman–Crippen LogP) is 1.47. The minimum absolute atomic E-state index is 0.0121. The molecular formula is C19H22N4O2. The molecule has 1 fully saturated rings. The number of nitrogens with one attached hydrogen (secondary N) is 1. The van der Waals surface area contributed by atoms with Gasteiger partial charge in [-0.25, -0.2) is 0 Å². The van der Waals surface area contributed by atoms with Crippen LogP contribution in [-0.2, 0) is 4.79 Å². The summed E-state index contributed by atoms with van der Waals surface area (Å²) in [5.41, 5.74) is 2.88. The van der Waals surface area contributed by atoms with Crippen LogP contribution in [0.1, 0.15) is 15.9 Å². The number of anilines is 1. The molecule has 1 aliphatic heterocycles. The summed E-state index contributed by atoms with van der Waals surface area (Å²) in [5, 5.41) is 2.66. The molecule has 1 aliphatic rings. The monoisotopic (exact) mass is 338 g/mol. The van der Waals surface area contributed by atoms with Crippen LogP contribution in [-0.4, -0.2) is 54.4 Å². The lowest BCUT2D eigenvalue weighted by Gasteiger charge is -2.36. The van der Waals surface area contributed by atoms with Gasteiger partial charge in [0.15, 0.2) is 0 Å². The van der Waals surface area contributed by atoms with E-state index in [-0.39, 0.29) is 18.4 Å². The second kappa shape index (κ2) is 7.79. The Morgan fingerprint density at radius 3 is 2.60 bits per heavy atom. The second-order valence-electron chi connectivity index (χ2n) is 6.13. The molecule has 0 saturated carbocycles. The Labute approximate surface area is 147 Å². The topological polar surface area (TPSA) is 65.5 Å². The molecule has 1 saturated heterocycles. The summed E-state index contributed by atoms with van der Waals surface area (Å²) in [6.45, 7) is 5.01. The number of hydrogen-bond acceptors (Lipinski definition) is 4. The van der Waals surface area contributed by atoms with E-state index in [0.29, 0.717) is 18.7 Å². The number of carbonyl (C=O) groups excluding carboxylic acids is 2. The van der Waals surface area contributed by atoms with Crippen LogP contribution in [0.15, 0.2) is 48.8 Å². The van der Waals surface area contributed by atoms with Crippen molar-refractivity contribution in [3.63, 3.8) is 0 Å². The largest absolute Gasteiger partial charge is 0.368 e. The van der Waals surface area contributed by atoms with Crippen molar-refractivity contribution in [3.8, 4) is 0 Å². The third-order valence-corrected chi connectivity index (χ3v) is 4.32. The Bertz CT molecular complexity index is 740. The predicted molar refractivity (Wildman–Crippen MR) is 96.5 cm³/mol. The smallest absolute Gasteiger partial charge is 0.253 e. The molecule has 1 aromatic heterocycles. The van der Waals surface area contributed by atoms with Crippen LogP contribution in [0.4, 0.5) is 5.69 Å². The first-order valence-electron chi connectivity index (χ1n) is 8.41. The van der Waals surface area contributed by atoms with Gasteiger partial charge in [0.1, 0.15) is 0 Å². The van der Waals surface area contributed by atoms with Crippen molar-refractivity contribution in [1.82, 2.24) is 15.2 Å². The number of pyridine rings is 1. The van der Waals surface area contributed by atoms with Crippen molar-refractivity contribution in [2.24, 2.45) is 0 Å². The summed E-state index contributed by atoms with van der Waals surface area (Å²) in [4.78, 5) is 32.3. The van der Waals surface area contributed by atoms with Crippen molar-refractivity contribution in [3.05, 3.63) is 59.9 Å². The lowest BCUT2D eigenvalue weighted by molar-refractivity contribution is -0.130. The molecule has 0 atom stereocenters. The van der Waals surface area contributed by atoms with Gasteiger partial charge in [-0.15, -0.1) is 0 Å². The number of piperazine rings is 1. The maximum atomic E-state index is 12.3. The quantitative estimate of drug-likeness (QED) is 0.917. The molecule has 25 heavy (non-hydrogen) atoms. The third kappa shape index (κ3) is 4.35. The number of amides is 2. The van der Waals surface area contributed by atoms with Gasteiger partial charge >= 0.3 is 0 Å². The summed E-state index contributed by atoms with van der Waals surface area (Å²) in [5.74, 6) is -0.332. The van der Waals surface area contributed by atoms with E-state index in [4.69, 9.17) is 0 Å². The summed E-state index contributed by atoms with van der Waals surface area (Å²) < 4.78 is 0. The Morgan fingerprint density at radius 2 is 1.92 bits per heavy atom. The number of benzene rings is 1. The van der Waals surface area contributed by atoms with Gasteiger partial charge in [0.05, 0.1) is 12.1 Å². The van der Waals surface area contributed by atoms with Crippen LogP contribution in [0.25, 0.3) is 0 Å². The maximum absolute atomic E-state index is 12.3. The van der Waals surface area contributed by atoms with Crippen LogP contribution >= 0.6 is 0 Å². The molecule has 1 aromatic carbocycles. The van der Waals surface area contributed by atoms with E-state index in [9.17, 15) is 9.59 Å². The fraction of sp³-hybridized carbons (Fsp3) is 0.316. The van der Waals surface area contributed by atoms with Gasteiger partial charge in [-0.3, -0.25) is 14.6 Å². The van der Waals surface area contributed by atoms with Crippen molar-refractivity contribution in [1.29, 1.82) is 0 Å². The highest BCUT2D eigenvalue weighted by Crippen LogP contribution is 2.17. The van der Waals surface area contributed by atoms with Crippen LogP contribution in [0, 0.1) is 6.92 Å². The van der Waals surface area contributed by atoms with Crippen molar-refractivity contribution < 1.29 is 9.59 Å². The van der Waals surface area contributed by atoms with Gasteiger partial charge in [-0.05, 0) is 36.8 Å². The molecule has 0 spiro atoms. The molecular weight excluding hydrogens is 316 g/mol. The molecule has 6 heteroatoms. The standard InChI is InChI=1S/C19H22N4O2/c1-15-4-2-6-17(12-15)22-8-10-23(11-9-22)18(24)14-21-19(25)16-5-3-7-20-13-16/h2-7,12-13H,8-11,14H2,1H3,(H,21,25). The lowest BCUT2D eigenvalue weighted by Crippen LogP contribution is -2.51. The van der Waals surface area contributed by atoms with Crippen LogP contribution in [0.2, 0.25) is 0 Å². The molecule has 0 unspecified atom stereocenters. The summed E-state index contributed by atoms with van der Waals surface area (Å²) in [6.07, 6.45) is 3.09. The Morgan fingerprint density at radius 1 is 1.12 bits per heavy atom. The van der Waals surface area contributed by atoms with Gasteiger partial charge in [-0.1, -0.05) is 12.1 Å².